The molecule has 285 valence electrons. The summed E-state index contributed by atoms with van der Waals surface area (Å²) in [7, 11) is 0. The molecule has 8 rings (SSSR count). The molecule has 0 fully saturated rings. The number of fused-ring (bicyclic) bond motifs is 3. The van der Waals surface area contributed by atoms with Crippen molar-refractivity contribution in [1.29, 1.82) is 0 Å². The van der Waals surface area contributed by atoms with Gasteiger partial charge in [0.2, 0.25) is 0 Å². The molecule has 56 heavy (non-hydrogen) atoms. The van der Waals surface area contributed by atoms with Gasteiger partial charge in [0.05, 0.1) is 5.58 Å². The van der Waals surface area contributed by atoms with Crippen molar-refractivity contribution in [3.05, 3.63) is 173 Å². The number of hydrogen-bond donors (Lipinski definition) is 0. The molecule has 3 nitrogen and oxygen atoms in total. The van der Waals surface area contributed by atoms with Crippen molar-refractivity contribution in [2.75, 3.05) is 0 Å². The molecule has 0 spiro atoms. The van der Waals surface area contributed by atoms with E-state index in [1.807, 2.05) is 79.0 Å². The van der Waals surface area contributed by atoms with Gasteiger partial charge in [0, 0.05) is 49.6 Å². The number of furan rings is 1. The summed E-state index contributed by atoms with van der Waals surface area (Å²) in [4.78, 5) is 9.25. The van der Waals surface area contributed by atoms with Crippen LogP contribution in [0, 0.1) is 32.7 Å². The van der Waals surface area contributed by atoms with Crippen LogP contribution in [-0.2, 0) is 31.9 Å². The van der Waals surface area contributed by atoms with E-state index in [2.05, 4.69) is 67.3 Å². The fraction of sp³-hybridized carbons (Fsp3) is 0.216. The van der Waals surface area contributed by atoms with E-state index in [-0.39, 0.29) is 47.8 Å². The molecule has 3 aromatic heterocycles. The van der Waals surface area contributed by atoms with Gasteiger partial charge < -0.3 is 9.40 Å². The van der Waals surface area contributed by atoms with Crippen LogP contribution in [0.15, 0.2) is 132 Å². The molecule has 5 aromatic carbocycles. The van der Waals surface area contributed by atoms with Crippen molar-refractivity contribution >= 4 is 39.6 Å². The summed E-state index contributed by atoms with van der Waals surface area (Å²) in [6, 6.07) is 40.4. The summed E-state index contributed by atoms with van der Waals surface area (Å²) >= 11 is -2.35. The summed E-state index contributed by atoms with van der Waals surface area (Å²) in [6.07, 6.45) is 1.87. The van der Waals surface area contributed by atoms with Crippen LogP contribution >= 0.6 is 0 Å². The Bertz CT molecular complexity index is 3040. The standard InChI is InChI=1S/C26H20NO.C25H30GeN.Ir/c1-16-11-21-22-14-20(9-10-25(22)28-26(21)13-17(16)2)24-12-18(3)23(15-27-24)19-7-5-4-6-8-19;1-25(2,3)22-14-10-13-20(16-22)24-17-21(15-19-11-8-7-9-12-19)23(18-27-24)26(4,5)6;/h4-8,10-15H,1-3H3;7-12,14,16-18H,15H2,1-6H3;/q2*-1;/i1D3,2D3,3D3;15D2;. The Labute approximate surface area is 364 Å². The number of nitrogens with zero attached hydrogens (tertiary/aromatic N) is 2. The largest absolute Gasteiger partial charge is 0 e. The minimum Gasteiger partial charge on any atom is 0 e. The Balaban J connectivity index is 0.000000224. The minimum absolute atomic E-state index is 0. The molecule has 0 saturated heterocycles. The van der Waals surface area contributed by atoms with Crippen molar-refractivity contribution in [2.24, 2.45) is 0 Å². The summed E-state index contributed by atoms with van der Waals surface area (Å²) in [6.45, 7) is -1.10. The molecule has 0 saturated carbocycles. The molecule has 0 N–H and O–H groups in total. The molecule has 0 aliphatic heterocycles. The molecular weight excluding hydrogens is 921 g/mol. The van der Waals surface area contributed by atoms with Gasteiger partial charge in [-0.25, -0.2) is 0 Å². The number of hydrogen-bond acceptors (Lipinski definition) is 3. The number of benzene rings is 5. The zero-order valence-corrected chi connectivity index (χ0v) is 36.8. The molecule has 5 heteroatoms. The Hall–Kier alpha value is -4.61. The van der Waals surface area contributed by atoms with Crippen LogP contribution in [0.25, 0.3) is 55.6 Å². The zero-order valence-electron chi connectivity index (χ0n) is 43.3. The van der Waals surface area contributed by atoms with Crippen LogP contribution in [0.5, 0.6) is 0 Å². The maximum atomic E-state index is 8.99. The normalized spacial score (nSPS) is 15.4. The molecule has 0 amide bonds. The predicted octanol–water partition coefficient (Wildman–Crippen LogP) is 13.0. The molecule has 0 atom stereocenters. The molecular formula is C51H50GeIrN2O-2. The quantitative estimate of drug-likeness (QED) is 0.123. The summed E-state index contributed by atoms with van der Waals surface area (Å²) in [5, 5.41) is 0.969. The third kappa shape index (κ3) is 9.16. The first-order valence-corrected chi connectivity index (χ1v) is 25.6. The first-order valence-electron chi connectivity index (χ1n) is 23.7. The topological polar surface area (TPSA) is 38.9 Å². The van der Waals surface area contributed by atoms with Gasteiger partial charge in [-0.3, -0.25) is 0 Å². The molecule has 3 heterocycles. The van der Waals surface area contributed by atoms with Gasteiger partial charge in [-0.1, -0.05) is 41.8 Å². The van der Waals surface area contributed by atoms with Crippen molar-refractivity contribution in [3.8, 4) is 33.6 Å². The smallest absolute Gasteiger partial charge is 0 e. The molecule has 1 radical (unpaired) electrons. The van der Waals surface area contributed by atoms with Crippen LogP contribution < -0.4 is 4.40 Å². The van der Waals surface area contributed by atoms with Crippen LogP contribution in [-0.4, -0.2) is 23.2 Å². The monoisotopic (exact) mass is 984 g/mol. The first-order chi connectivity index (χ1) is 30.6. The third-order valence-electron chi connectivity index (χ3n) is 9.52. The van der Waals surface area contributed by atoms with E-state index < -0.39 is 40.2 Å². The van der Waals surface area contributed by atoms with E-state index in [4.69, 9.17) is 24.5 Å². The van der Waals surface area contributed by atoms with E-state index in [1.54, 1.807) is 12.1 Å². The van der Waals surface area contributed by atoms with Gasteiger partial charge in [-0.15, -0.1) is 23.8 Å². The van der Waals surface area contributed by atoms with Crippen molar-refractivity contribution in [2.45, 2.75) is 70.4 Å². The Kier molecular flexibility index (Phi) is 8.65. The van der Waals surface area contributed by atoms with Gasteiger partial charge in [-0.2, -0.15) is 0 Å². The maximum absolute atomic E-state index is 8.99. The van der Waals surface area contributed by atoms with Gasteiger partial charge in [0.1, 0.15) is 5.58 Å². The van der Waals surface area contributed by atoms with Crippen LogP contribution in [0.1, 0.15) is 69.2 Å². The summed E-state index contributed by atoms with van der Waals surface area (Å²) in [5.41, 5.74) is 6.65. The molecule has 0 unspecified atom stereocenters. The SMILES string of the molecule is [2H]C([2H])([2H])c1cc(-c2[c-]cc3oc4cc(C([2H])([2H])[2H])c(C([2H])([2H])[2H])cc4c3c2)ncc1-c1ccccc1.[2H]C([2H])(c1ccccc1)c1cc(-c2[c-]ccc(C(C)(C)C)c2)nc[c]1[Ge]([CH3])([CH3])[CH3].[Ir]. The molecule has 8 aromatic rings. The van der Waals surface area contributed by atoms with E-state index in [0.717, 1.165) is 26.8 Å². The molecule has 0 aliphatic rings. The van der Waals surface area contributed by atoms with E-state index in [1.165, 1.54) is 30.0 Å². The van der Waals surface area contributed by atoms with Crippen molar-refractivity contribution in [3.63, 3.8) is 0 Å². The van der Waals surface area contributed by atoms with Crippen LogP contribution in [0.3, 0.4) is 0 Å². The van der Waals surface area contributed by atoms with Gasteiger partial charge >= 0.3 is 170 Å². The van der Waals surface area contributed by atoms with Gasteiger partial charge in [-0.05, 0) is 60.6 Å². The number of rotatable bonds is 6. The van der Waals surface area contributed by atoms with Crippen LogP contribution in [0.2, 0.25) is 17.3 Å². The van der Waals surface area contributed by atoms with E-state index in [9.17, 15) is 0 Å². The Morgan fingerprint density at radius 2 is 1.34 bits per heavy atom. The maximum Gasteiger partial charge on any atom is 0 e. The van der Waals surface area contributed by atoms with Gasteiger partial charge in [0.25, 0.3) is 0 Å². The second-order valence-corrected chi connectivity index (χ2v) is 26.3. The van der Waals surface area contributed by atoms with Crippen LogP contribution in [0.4, 0.5) is 0 Å². The molecule has 0 aliphatic carbocycles. The fourth-order valence-corrected chi connectivity index (χ4v) is 9.35. The number of aromatic nitrogens is 2. The Morgan fingerprint density at radius 1 is 0.696 bits per heavy atom. The first kappa shape index (κ1) is 28.7. The number of aryl methyl sites for hydroxylation is 3. The minimum atomic E-state index is -2.64. The summed E-state index contributed by atoms with van der Waals surface area (Å²) in [5.74, 6) is 6.86. The second kappa shape index (κ2) is 16.9. The summed E-state index contributed by atoms with van der Waals surface area (Å²) < 4.78 is 96.1. The third-order valence-corrected chi connectivity index (χ3v) is 13.7. The number of pyridine rings is 2. The average Bonchev–Trinajstić information content (AvgIpc) is 3.62. The Morgan fingerprint density at radius 3 is 2.04 bits per heavy atom. The van der Waals surface area contributed by atoms with Crippen molar-refractivity contribution < 1.29 is 39.6 Å². The van der Waals surface area contributed by atoms with E-state index >= 15 is 0 Å². The van der Waals surface area contributed by atoms with Gasteiger partial charge in [0.15, 0.2) is 0 Å². The van der Waals surface area contributed by atoms with E-state index in [0.29, 0.717) is 38.7 Å². The average molecular weight is 983 g/mol. The molecule has 0 bridgehead atoms. The second-order valence-electron chi connectivity index (χ2n) is 15.7. The fourth-order valence-electron chi connectivity index (χ4n) is 6.43. The van der Waals surface area contributed by atoms with Crippen molar-refractivity contribution in [1.82, 2.24) is 9.97 Å². The zero-order chi connectivity index (χ0) is 48.2. The predicted molar refractivity (Wildman–Crippen MR) is 235 cm³/mol.